The number of carbonyl (C=O) groups is 1. The summed E-state index contributed by atoms with van der Waals surface area (Å²) >= 11 is 0. The monoisotopic (exact) mass is 369 g/mol. The number of aliphatic hydroxyl groups is 1. The van der Waals surface area contributed by atoms with E-state index in [1.807, 2.05) is 41.4 Å². The van der Waals surface area contributed by atoms with Crippen molar-refractivity contribution in [1.29, 1.82) is 0 Å². The van der Waals surface area contributed by atoms with Crippen LogP contribution < -0.4 is 0 Å². The quantitative estimate of drug-likeness (QED) is 0.776. The van der Waals surface area contributed by atoms with Crippen molar-refractivity contribution in [2.75, 3.05) is 26.4 Å². The topological polar surface area (TPSA) is 67.6 Å². The first-order chi connectivity index (χ1) is 13.3. The number of rotatable bonds is 8. The van der Waals surface area contributed by atoms with Gasteiger partial charge in [0.25, 0.3) is 5.91 Å². The minimum absolute atomic E-state index is 0.0204. The highest BCUT2D eigenvalue weighted by Gasteiger charge is 2.37. The number of carbonyl (C=O) groups excluding carboxylic acids is 1. The van der Waals surface area contributed by atoms with Gasteiger partial charge in [-0.05, 0) is 44.2 Å². The molecule has 1 N–H and O–H groups in total. The molecule has 1 amide bonds. The molecule has 0 radical (unpaired) electrons. The molecule has 1 aromatic carbocycles. The maximum absolute atomic E-state index is 13.4. The van der Waals surface area contributed by atoms with Gasteiger partial charge < -0.3 is 14.7 Å². The van der Waals surface area contributed by atoms with Crippen molar-refractivity contribution in [2.45, 2.75) is 38.1 Å². The van der Waals surface area contributed by atoms with Crippen LogP contribution >= 0.6 is 0 Å². The number of benzene rings is 1. The van der Waals surface area contributed by atoms with E-state index in [9.17, 15) is 9.90 Å². The second kappa shape index (κ2) is 8.23. The first-order valence-electron chi connectivity index (χ1n) is 9.90. The predicted molar refractivity (Wildman–Crippen MR) is 102 cm³/mol. The Morgan fingerprint density at radius 2 is 2.07 bits per heavy atom. The van der Waals surface area contributed by atoms with Crippen LogP contribution in [-0.2, 0) is 11.2 Å². The maximum atomic E-state index is 13.4. The third kappa shape index (κ3) is 4.22. The fourth-order valence-electron chi connectivity index (χ4n) is 3.68. The summed E-state index contributed by atoms with van der Waals surface area (Å²) < 4.78 is 7.28. The number of aliphatic hydroxyl groups excluding tert-OH is 1. The van der Waals surface area contributed by atoms with Crippen molar-refractivity contribution in [1.82, 2.24) is 14.7 Å². The van der Waals surface area contributed by atoms with E-state index in [1.165, 1.54) is 0 Å². The maximum Gasteiger partial charge on any atom is 0.274 e. The van der Waals surface area contributed by atoms with Crippen LogP contribution in [-0.4, -0.2) is 58.1 Å². The average molecular weight is 369 g/mol. The SMILES string of the molecule is O=C(c1nn(-c2ccccc2)cc1CCCO)N(C[C@@H]1CCOC1)C1CC1. The Morgan fingerprint density at radius 1 is 1.26 bits per heavy atom. The van der Waals surface area contributed by atoms with Crippen molar-refractivity contribution in [3.63, 3.8) is 0 Å². The number of para-hydroxylation sites is 1. The lowest BCUT2D eigenvalue weighted by Crippen LogP contribution is -2.38. The second-order valence-corrected chi connectivity index (χ2v) is 7.53. The molecule has 2 aromatic rings. The van der Waals surface area contributed by atoms with Gasteiger partial charge in [-0.15, -0.1) is 0 Å². The second-order valence-electron chi connectivity index (χ2n) is 7.53. The molecule has 1 saturated carbocycles. The number of aryl methyl sites for hydroxylation is 1. The van der Waals surface area contributed by atoms with Gasteiger partial charge in [0.2, 0.25) is 0 Å². The van der Waals surface area contributed by atoms with Crippen LogP contribution in [0.1, 0.15) is 41.7 Å². The fraction of sp³-hybridized carbons (Fsp3) is 0.524. The summed E-state index contributed by atoms with van der Waals surface area (Å²) in [6.45, 7) is 2.39. The Labute approximate surface area is 159 Å². The number of amides is 1. The molecule has 0 spiro atoms. The van der Waals surface area contributed by atoms with Gasteiger partial charge in [0.1, 0.15) is 0 Å². The summed E-state index contributed by atoms with van der Waals surface area (Å²) in [5, 5.41) is 13.9. The van der Waals surface area contributed by atoms with Crippen LogP contribution in [0, 0.1) is 5.92 Å². The number of nitrogens with zero attached hydrogens (tertiary/aromatic N) is 3. The first-order valence-corrected chi connectivity index (χ1v) is 9.90. The van der Waals surface area contributed by atoms with Crippen LogP contribution in [0.4, 0.5) is 0 Å². The van der Waals surface area contributed by atoms with Crippen LogP contribution in [0.5, 0.6) is 0 Å². The van der Waals surface area contributed by atoms with Crippen molar-refractivity contribution in [2.24, 2.45) is 5.92 Å². The molecular weight excluding hydrogens is 342 g/mol. The van der Waals surface area contributed by atoms with E-state index in [-0.39, 0.29) is 12.5 Å². The highest BCUT2D eigenvalue weighted by Crippen LogP contribution is 2.31. The number of ether oxygens (including phenoxy) is 1. The zero-order valence-corrected chi connectivity index (χ0v) is 15.6. The molecule has 0 bridgehead atoms. The standard InChI is InChI=1S/C21H27N3O3/c25-11-4-5-17-14-24(19-6-2-1-3-7-19)22-20(17)21(26)23(18-8-9-18)13-16-10-12-27-15-16/h1-3,6-7,14,16,18,25H,4-5,8-13,15H2/t16-/m0/s1. The number of hydrogen-bond acceptors (Lipinski definition) is 4. The van der Waals surface area contributed by atoms with Gasteiger partial charge >= 0.3 is 0 Å². The zero-order valence-electron chi connectivity index (χ0n) is 15.6. The third-order valence-corrected chi connectivity index (χ3v) is 5.34. The smallest absolute Gasteiger partial charge is 0.274 e. The summed E-state index contributed by atoms with van der Waals surface area (Å²) in [6, 6.07) is 10.2. The van der Waals surface area contributed by atoms with Gasteiger partial charge in [0.15, 0.2) is 5.69 Å². The Hall–Kier alpha value is -2.18. The van der Waals surface area contributed by atoms with E-state index in [2.05, 4.69) is 5.10 Å². The Bertz CT molecular complexity index is 764. The van der Waals surface area contributed by atoms with E-state index in [0.29, 0.717) is 30.5 Å². The van der Waals surface area contributed by atoms with Crippen molar-refractivity contribution in [3.8, 4) is 5.69 Å². The molecule has 0 unspecified atom stereocenters. The van der Waals surface area contributed by atoms with Crippen molar-refractivity contribution >= 4 is 5.91 Å². The lowest BCUT2D eigenvalue weighted by atomic mass is 10.1. The molecule has 1 aromatic heterocycles. The zero-order chi connectivity index (χ0) is 18.6. The Kier molecular flexibility index (Phi) is 5.55. The lowest BCUT2D eigenvalue weighted by Gasteiger charge is -2.24. The molecule has 2 fully saturated rings. The normalized spacial score (nSPS) is 19.4. The molecule has 2 aliphatic rings. The third-order valence-electron chi connectivity index (χ3n) is 5.34. The van der Waals surface area contributed by atoms with Crippen LogP contribution in [0.3, 0.4) is 0 Å². The van der Waals surface area contributed by atoms with Crippen molar-refractivity contribution < 1.29 is 14.6 Å². The number of hydrogen-bond donors (Lipinski definition) is 1. The molecule has 1 atom stereocenters. The Balaban J connectivity index is 1.61. The largest absolute Gasteiger partial charge is 0.396 e. The lowest BCUT2D eigenvalue weighted by molar-refractivity contribution is 0.0698. The van der Waals surface area contributed by atoms with E-state index in [1.54, 1.807) is 4.68 Å². The van der Waals surface area contributed by atoms with Crippen LogP contribution in [0.25, 0.3) is 5.69 Å². The van der Waals surface area contributed by atoms with Gasteiger partial charge in [-0.25, -0.2) is 4.68 Å². The molecule has 1 aliphatic heterocycles. The molecule has 27 heavy (non-hydrogen) atoms. The molecule has 6 nitrogen and oxygen atoms in total. The molecular formula is C21H27N3O3. The highest BCUT2D eigenvalue weighted by molar-refractivity contribution is 5.94. The van der Waals surface area contributed by atoms with Gasteiger partial charge in [0.05, 0.1) is 12.3 Å². The van der Waals surface area contributed by atoms with E-state index in [0.717, 1.165) is 50.3 Å². The summed E-state index contributed by atoms with van der Waals surface area (Å²) in [6.07, 6.45) is 6.37. The van der Waals surface area contributed by atoms with Crippen molar-refractivity contribution in [3.05, 3.63) is 47.8 Å². The first kappa shape index (κ1) is 18.2. The average Bonchev–Trinajstić information content (AvgIpc) is 3.24. The van der Waals surface area contributed by atoms with E-state index >= 15 is 0 Å². The van der Waals surface area contributed by atoms with Gasteiger partial charge in [-0.2, -0.15) is 5.10 Å². The van der Waals surface area contributed by atoms with Gasteiger partial charge in [-0.3, -0.25) is 4.79 Å². The molecule has 1 saturated heterocycles. The molecule has 2 heterocycles. The minimum Gasteiger partial charge on any atom is -0.396 e. The number of aromatic nitrogens is 2. The molecule has 6 heteroatoms. The summed E-state index contributed by atoms with van der Waals surface area (Å²) in [7, 11) is 0. The van der Waals surface area contributed by atoms with E-state index in [4.69, 9.17) is 4.74 Å². The summed E-state index contributed by atoms with van der Waals surface area (Å²) in [5.41, 5.74) is 2.37. The van der Waals surface area contributed by atoms with Crippen LogP contribution in [0.2, 0.25) is 0 Å². The molecule has 1 aliphatic carbocycles. The van der Waals surface area contributed by atoms with Gasteiger partial charge in [-0.1, -0.05) is 18.2 Å². The molecule has 4 rings (SSSR count). The predicted octanol–water partition coefficient (Wildman–Crippen LogP) is 2.44. The minimum atomic E-state index is 0.0204. The molecule has 144 valence electrons. The Morgan fingerprint density at radius 3 is 2.74 bits per heavy atom. The van der Waals surface area contributed by atoms with Gasteiger partial charge in [0, 0.05) is 43.5 Å². The fourth-order valence-corrected chi connectivity index (χ4v) is 3.68. The highest BCUT2D eigenvalue weighted by atomic mass is 16.5. The van der Waals surface area contributed by atoms with Crippen LogP contribution in [0.15, 0.2) is 36.5 Å². The summed E-state index contributed by atoms with van der Waals surface area (Å²) in [4.78, 5) is 15.4. The summed E-state index contributed by atoms with van der Waals surface area (Å²) in [5.74, 6) is 0.443. The van der Waals surface area contributed by atoms with E-state index < -0.39 is 0 Å².